The van der Waals surface area contributed by atoms with Crippen molar-refractivity contribution in [1.29, 1.82) is 0 Å². The minimum atomic E-state index is -3.55. The van der Waals surface area contributed by atoms with Crippen molar-refractivity contribution in [2.24, 2.45) is 0 Å². The van der Waals surface area contributed by atoms with Gasteiger partial charge in [0, 0.05) is 12.6 Å². The highest BCUT2D eigenvalue weighted by Crippen LogP contribution is 2.16. The summed E-state index contributed by atoms with van der Waals surface area (Å²) in [6.07, 6.45) is 3.18. The van der Waals surface area contributed by atoms with Crippen LogP contribution in [0.3, 0.4) is 0 Å². The van der Waals surface area contributed by atoms with E-state index in [0.717, 1.165) is 32.4 Å². The first kappa shape index (κ1) is 16.5. The van der Waals surface area contributed by atoms with Gasteiger partial charge in [-0.05, 0) is 51.5 Å². The lowest BCUT2D eigenvalue weighted by Crippen LogP contribution is -2.38. The zero-order valence-electron chi connectivity index (χ0n) is 12.8. The number of sulfonamides is 1. The summed E-state index contributed by atoms with van der Waals surface area (Å²) in [5, 5.41) is 3.18. The minimum Gasteiger partial charge on any atom is -0.447 e. The third kappa shape index (κ3) is 4.54. The molecule has 2 heterocycles. The molecule has 0 aromatic carbocycles. The molecule has 120 valence electrons. The molecule has 2 rings (SSSR count). The number of nitrogens with one attached hydrogen (secondary N) is 2. The Bertz CT molecular complexity index is 541. The normalized spacial score (nSPS) is 20.2. The fourth-order valence-corrected chi connectivity index (χ4v) is 3.52. The van der Waals surface area contributed by atoms with Crippen LogP contribution in [-0.4, -0.2) is 46.0 Å². The van der Waals surface area contributed by atoms with Gasteiger partial charge in [-0.2, -0.15) is 0 Å². The maximum absolute atomic E-state index is 12.2. The summed E-state index contributed by atoms with van der Waals surface area (Å²) in [7, 11) is -1.53. The third-order valence-corrected chi connectivity index (χ3v) is 5.10. The lowest BCUT2D eigenvalue weighted by Gasteiger charge is -2.19. The van der Waals surface area contributed by atoms with Gasteiger partial charge >= 0.3 is 0 Å². The summed E-state index contributed by atoms with van der Waals surface area (Å²) in [4.78, 5) is 2.19. The Morgan fingerprint density at radius 2 is 2.24 bits per heavy atom. The molecular formula is C14H25N3O3S. The lowest BCUT2D eigenvalue weighted by atomic mass is 10.2. The number of furan rings is 1. The Labute approximate surface area is 126 Å². The van der Waals surface area contributed by atoms with Gasteiger partial charge in [0.2, 0.25) is 5.09 Å². The molecule has 21 heavy (non-hydrogen) atoms. The van der Waals surface area contributed by atoms with Crippen LogP contribution in [0.4, 0.5) is 0 Å². The van der Waals surface area contributed by atoms with Crippen LogP contribution in [0.2, 0.25) is 0 Å². The summed E-state index contributed by atoms with van der Waals surface area (Å²) in [5.74, 6) is 0.641. The largest absolute Gasteiger partial charge is 0.447 e. The molecule has 0 spiro atoms. The van der Waals surface area contributed by atoms with Gasteiger partial charge in [0.1, 0.15) is 5.76 Å². The molecule has 0 amide bonds. The van der Waals surface area contributed by atoms with Gasteiger partial charge < -0.3 is 14.6 Å². The zero-order chi connectivity index (χ0) is 15.3. The molecule has 0 aliphatic carbocycles. The fourth-order valence-electron chi connectivity index (χ4n) is 2.50. The average Bonchev–Trinajstić information content (AvgIpc) is 3.06. The van der Waals surface area contributed by atoms with Gasteiger partial charge in [0.15, 0.2) is 0 Å². The standard InChI is InChI=1S/C14H25N3O3S/c1-3-8-15-11-13-6-7-14(20-13)21(18,19)16-10-12-5-4-9-17(12)2/h6-7,12,15-16H,3-5,8-11H2,1-2H3. The monoisotopic (exact) mass is 315 g/mol. The Hall–Kier alpha value is -0.890. The van der Waals surface area contributed by atoms with E-state index in [1.165, 1.54) is 6.07 Å². The highest BCUT2D eigenvalue weighted by molar-refractivity contribution is 7.89. The molecular weight excluding hydrogens is 290 g/mol. The quantitative estimate of drug-likeness (QED) is 0.704. The fraction of sp³-hybridized carbons (Fsp3) is 0.714. The lowest BCUT2D eigenvalue weighted by molar-refractivity contribution is 0.309. The van der Waals surface area contributed by atoms with Crippen molar-refractivity contribution in [2.75, 3.05) is 26.7 Å². The highest BCUT2D eigenvalue weighted by Gasteiger charge is 2.25. The van der Waals surface area contributed by atoms with Crippen molar-refractivity contribution in [2.45, 2.75) is 43.9 Å². The molecule has 1 unspecified atom stereocenters. The molecule has 1 atom stereocenters. The van der Waals surface area contributed by atoms with E-state index >= 15 is 0 Å². The van der Waals surface area contributed by atoms with E-state index in [1.807, 2.05) is 7.05 Å². The van der Waals surface area contributed by atoms with E-state index < -0.39 is 10.0 Å². The number of nitrogens with zero attached hydrogens (tertiary/aromatic N) is 1. The third-order valence-electron chi connectivity index (χ3n) is 3.81. The molecule has 1 aromatic rings. The van der Waals surface area contributed by atoms with E-state index in [0.29, 0.717) is 18.8 Å². The second kappa shape index (κ2) is 7.40. The molecule has 1 aliphatic heterocycles. The Balaban J connectivity index is 1.89. The first-order chi connectivity index (χ1) is 10.0. The molecule has 1 saturated heterocycles. The highest BCUT2D eigenvalue weighted by atomic mass is 32.2. The maximum atomic E-state index is 12.2. The van der Waals surface area contributed by atoms with E-state index in [-0.39, 0.29) is 11.1 Å². The number of likely N-dealkylation sites (N-methyl/N-ethyl adjacent to an activating group) is 1. The molecule has 0 radical (unpaired) electrons. The van der Waals surface area contributed by atoms with Crippen molar-refractivity contribution in [3.05, 3.63) is 17.9 Å². The molecule has 0 bridgehead atoms. The van der Waals surface area contributed by atoms with Crippen molar-refractivity contribution in [1.82, 2.24) is 14.9 Å². The maximum Gasteiger partial charge on any atom is 0.274 e. The molecule has 1 aromatic heterocycles. The van der Waals surface area contributed by atoms with Crippen LogP contribution in [0.5, 0.6) is 0 Å². The Kier molecular flexibility index (Phi) is 5.80. The van der Waals surface area contributed by atoms with Crippen molar-refractivity contribution < 1.29 is 12.8 Å². The number of likely N-dealkylation sites (tertiary alicyclic amines) is 1. The summed E-state index contributed by atoms with van der Waals surface area (Å²) in [5.41, 5.74) is 0. The van der Waals surface area contributed by atoms with Crippen LogP contribution in [0.1, 0.15) is 31.9 Å². The molecule has 1 fully saturated rings. The zero-order valence-corrected chi connectivity index (χ0v) is 13.6. The van der Waals surface area contributed by atoms with Gasteiger partial charge in [0.25, 0.3) is 10.0 Å². The Morgan fingerprint density at radius 3 is 2.90 bits per heavy atom. The first-order valence-electron chi connectivity index (χ1n) is 7.52. The SMILES string of the molecule is CCCNCc1ccc(S(=O)(=O)NCC2CCCN2C)o1. The van der Waals surface area contributed by atoms with E-state index in [1.54, 1.807) is 6.07 Å². The summed E-state index contributed by atoms with van der Waals surface area (Å²) in [6.45, 7) is 4.97. The van der Waals surface area contributed by atoms with Gasteiger partial charge in [-0.15, -0.1) is 0 Å². The second-order valence-corrected chi connectivity index (χ2v) is 7.22. The van der Waals surface area contributed by atoms with Crippen LogP contribution < -0.4 is 10.0 Å². The van der Waals surface area contributed by atoms with Crippen LogP contribution in [0.15, 0.2) is 21.6 Å². The van der Waals surface area contributed by atoms with Crippen LogP contribution in [0.25, 0.3) is 0 Å². The molecule has 7 heteroatoms. The summed E-state index contributed by atoms with van der Waals surface area (Å²) < 4.78 is 32.4. The summed E-state index contributed by atoms with van der Waals surface area (Å²) in [6, 6.07) is 3.50. The van der Waals surface area contributed by atoms with Crippen LogP contribution >= 0.6 is 0 Å². The first-order valence-corrected chi connectivity index (χ1v) is 9.00. The number of rotatable bonds is 8. The number of hydrogen-bond donors (Lipinski definition) is 2. The van der Waals surface area contributed by atoms with Crippen molar-refractivity contribution in [3.8, 4) is 0 Å². The van der Waals surface area contributed by atoms with E-state index in [4.69, 9.17) is 4.42 Å². The average molecular weight is 315 g/mol. The van der Waals surface area contributed by atoms with E-state index in [9.17, 15) is 8.42 Å². The van der Waals surface area contributed by atoms with Crippen molar-refractivity contribution >= 4 is 10.0 Å². The smallest absolute Gasteiger partial charge is 0.274 e. The molecule has 6 nitrogen and oxygen atoms in total. The predicted molar refractivity (Wildman–Crippen MR) is 81.5 cm³/mol. The predicted octanol–water partition coefficient (Wildman–Crippen LogP) is 1.15. The Morgan fingerprint density at radius 1 is 1.43 bits per heavy atom. The van der Waals surface area contributed by atoms with Gasteiger partial charge in [0.05, 0.1) is 6.54 Å². The molecule has 0 saturated carbocycles. The van der Waals surface area contributed by atoms with Gasteiger partial charge in [-0.1, -0.05) is 6.92 Å². The molecule has 2 N–H and O–H groups in total. The van der Waals surface area contributed by atoms with E-state index in [2.05, 4.69) is 21.9 Å². The number of hydrogen-bond acceptors (Lipinski definition) is 5. The van der Waals surface area contributed by atoms with Gasteiger partial charge in [-0.25, -0.2) is 13.1 Å². The van der Waals surface area contributed by atoms with Gasteiger partial charge in [-0.3, -0.25) is 0 Å². The van der Waals surface area contributed by atoms with Crippen LogP contribution in [0, 0.1) is 0 Å². The second-order valence-electron chi connectivity index (χ2n) is 5.53. The van der Waals surface area contributed by atoms with Crippen LogP contribution in [-0.2, 0) is 16.6 Å². The van der Waals surface area contributed by atoms with Crippen molar-refractivity contribution in [3.63, 3.8) is 0 Å². The molecule has 1 aliphatic rings. The summed E-state index contributed by atoms with van der Waals surface area (Å²) >= 11 is 0. The topological polar surface area (TPSA) is 74.6 Å². The minimum absolute atomic E-state index is 0.00329.